The number of carbonyl (C=O) groups excluding carboxylic acids is 2. The third-order valence-electron chi connectivity index (χ3n) is 6.91. The van der Waals surface area contributed by atoms with Crippen LogP contribution >= 0.6 is 11.8 Å². The highest BCUT2D eigenvalue weighted by atomic mass is 32.2. The van der Waals surface area contributed by atoms with Crippen molar-refractivity contribution in [2.45, 2.75) is 52.5 Å². The van der Waals surface area contributed by atoms with Crippen LogP contribution in [0.2, 0.25) is 0 Å². The molecule has 0 saturated heterocycles. The Morgan fingerprint density at radius 1 is 0.951 bits per heavy atom. The number of anilines is 1. The average molecular weight is 570 g/mol. The number of thioether (sulfide) groups is 1. The highest BCUT2D eigenvalue weighted by Crippen LogP contribution is 2.42. The van der Waals surface area contributed by atoms with E-state index in [2.05, 4.69) is 69.1 Å². The van der Waals surface area contributed by atoms with Crippen LogP contribution in [0, 0.1) is 18.8 Å². The lowest BCUT2D eigenvalue weighted by Crippen LogP contribution is -2.34. The number of rotatable bonds is 12. The minimum atomic E-state index is -0.0650. The molecule has 1 N–H and O–H groups in total. The largest absolute Gasteiger partial charge is 0.352 e. The molecule has 0 fully saturated rings. The smallest absolute Gasteiger partial charge is 0.265 e. The summed E-state index contributed by atoms with van der Waals surface area (Å²) in [6.07, 6.45) is 2.85. The van der Waals surface area contributed by atoms with Crippen LogP contribution in [0.25, 0.3) is 6.08 Å². The molecule has 0 saturated carbocycles. The molecule has 0 spiro atoms. The standard InChI is InChI=1S/C35H43N3O2S/c1-25(2)22-37(23-26(3)4)19-9-18-36-34(39)30-16-14-28(15-17-30)21-33-35(40)38(24-29-11-8-10-27(5)20-29)31-12-6-7-13-32(31)41-33/h6-8,10-17,20-21,25-26H,9,18-19,22-24H2,1-5H3,(H,36,39)/b33-21+. The van der Waals surface area contributed by atoms with E-state index in [-0.39, 0.29) is 11.8 Å². The maximum Gasteiger partial charge on any atom is 0.265 e. The minimum Gasteiger partial charge on any atom is -0.352 e. The molecule has 0 radical (unpaired) electrons. The van der Waals surface area contributed by atoms with Gasteiger partial charge in [-0.2, -0.15) is 0 Å². The molecule has 2 amide bonds. The normalized spacial score (nSPS) is 14.3. The summed E-state index contributed by atoms with van der Waals surface area (Å²) < 4.78 is 0. The van der Waals surface area contributed by atoms with Crippen molar-refractivity contribution in [2.75, 3.05) is 31.1 Å². The van der Waals surface area contributed by atoms with E-state index in [1.807, 2.05) is 59.5 Å². The van der Waals surface area contributed by atoms with Crippen molar-refractivity contribution in [3.05, 3.63) is 100.0 Å². The molecule has 5 nitrogen and oxygen atoms in total. The average Bonchev–Trinajstić information content (AvgIpc) is 2.93. The van der Waals surface area contributed by atoms with Crippen molar-refractivity contribution >= 4 is 35.3 Å². The summed E-state index contributed by atoms with van der Waals surface area (Å²) in [5, 5.41) is 3.07. The predicted molar refractivity (Wildman–Crippen MR) is 172 cm³/mol. The number of nitrogens with zero attached hydrogens (tertiary/aromatic N) is 2. The Morgan fingerprint density at radius 2 is 1.66 bits per heavy atom. The van der Waals surface area contributed by atoms with Crippen LogP contribution < -0.4 is 10.2 Å². The summed E-state index contributed by atoms with van der Waals surface area (Å²) in [6.45, 7) is 15.4. The van der Waals surface area contributed by atoms with Gasteiger partial charge in [0, 0.05) is 30.1 Å². The van der Waals surface area contributed by atoms with Gasteiger partial charge in [-0.3, -0.25) is 9.59 Å². The Bertz CT molecular complexity index is 1350. The zero-order valence-corrected chi connectivity index (χ0v) is 25.8. The van der Waals surface area contributed by atoms with Gasteiger partial charge in [0.1, 0.15) is 0 Å². The Morgan fingerprint density at radius 3 is 2.34 bits per heavy atom. The van der Waals surface area contributed by atoms with Gasteiger partial charge in [-0.25, -0.2) is 0 Å². The van der Waals surface area contributed by atoms with Crippen LogP contribution in [0.4, 0.5) is 5.69 Å². The first-order valence-corrected chi connectivity index (χ1v) is 15.5. The lowest BCUT2D eigenvalue weighted by Gasteiger charge is -2.30. The van der Waals surface area contributed by atoms with E-state index in [1.165, 1.54) is 17.3 Å². The van der Waals surface area contributed by atoms with Gasteiger partial charge in [-0.1, -0.05) is 93.6 Å². The van der Waals surface area contributed by atoms with Gasteiger partial charge in [0.15, 0.2) is 0 Å². The third kappa shape index (κ3) is 8.82. The second-order valence-electron chi connectivity index (χ2n) is 11.7. The molecule has 0 unspecified atom stereocenters. The van der Waals surface area contributed by atoms with E-state index in [4.69, 9.17) is 0 Å². The molecule has 1 aliphatic rings. The highest BCUT2D eigenvalue weighted by Gasteiger charge is 2.29. The van der Waals surface area contributed by atoms with Crippen molar-refractivity contribution < 1.29 is 9.59 Å². The monoisotopic (exact) mass is 569 g/mol. The summed E-state index contributed by atoms with van der Waals surface area (Å²) in [5.74, 6) is 1.18. The number of amides is 2. The lowest BCUT2D eigenvalue weighted by atomic mass is 10.1. The van der Waals surface area contributed by atoms with Crippen LogP contribution in [0.15, 0.2) is 82.6 Å². The van der Waals surface area contributed by atoms with Crippen LogP contribution in [-0.2, 0) is 11.3 Å². The van der Waals surface area contributed by atoms with Gasteiger partial charge < -0.3 is 15.1 Å². The highest BCUT2D eigenvalue weighted by molar-refractivity contribution is 8.04. The number of nitrogens with one attached hydrogen (secondary N) is 1. The molecular formula is C35H43N3O2S. The van der Waals surface area contributed by atoms with Crippen LogP contribution in [0.1, 0.15) is 61.2 Å². The SMILES string of the molecule is Cc1cccc(CN2C(=O)/C(=C\c3ccc(C(=O)NCCCN(CC(C)C)CC(C)C)cc3)Sc3ccccc32)c1. The third-order valence-corrected chi connectivity index (χ3v) is 7.99. The number of para-hydroxylation sites is 1. The quantitative estimate of drug-likeness (QED) is 0.182. The topological polar surface area (TPSA) is 52.7 Å². The van der Waals surface area contributed by atoms with Crippen LogP contribution in [0.3, 0.4) is 0 Å². The molecule has 216 valence electrons. The number of aryl methyl sites for hydroxylation is 1. The molecule has 3 aromatic rings. The fourth-order valence-corrected chi connectivity index (χ4v) is 6.25. The zero-order chi connectivity index (χ0) is 29.4. The summed E-state index contributed by atoms with van der Waals surface area (Å²) in [5.41, 5.74) is 4.73. The van der Waals surface area contributed by atoms with Gasteiger partial charge in [-0.05, 0) is 73.2 Å². The molecule has 0 atom stereocenters. The van der Waals surface area contributed by atoms with Crippen LogP contribution in [-0.4, -0.2) is 42.9 Å². The lowest BCUT2D eigenvalue weighted by molar-refractivity contribution is -0.114. The molecule has 1 heterocycles. The zero-order valence-electron chi connectivity index (χ0n) is 25.0. The first-order valence-electron chi connectivity index (χ1n) is 14.7. The van der Waals surface area contributed by atoms with E-state index in [0.29, 0.717) is 35.4 Å². The summed E-state index contributed by atoms with van der Waals surface area (Å²) in [7, 11) is 0. The van der Waals surface area contributed by atoms with Crippen LogP contribution in [0.5, 0.6) is 0 Å². The molecule has 3 aromatic carbocycles. The van der Waals surface area contributed by atoms with Crippen molar-refractivity contribution in [1.29, 1.82) is 0 Å². The molecule has 1 aliphatic heterocycles. The Hall–Kier alpha value is -3.35. The summed E-state index contributed by atoms with van der Waals surface area (Å²) >= 11 is 1.50. The molecule has 0 bridgehead atoms. The van der Waals surface area contributed by atoms with Gasteiger partial charge >= 0.3 is 0 Å². The number of fused-ring (bicyclic) bond motifs is 1. The molecule has 0 aliphatic carbocycles. The van der Waals surface area contributed by atoms with Crippen molar-refractivity contribution in [3.63, 3.8) is 0 Å². The molecule has 0 aromatic heterocycles. The second kappa shape index (κ2) is 14.5. The number of hydrogen-bond donors (Lipinski definition) is 1. The van der Waals surface area contributed by atoms with Gasteiger partial charge in [0.05, 0.1) is 17.1 Å². The Balaban J connectivity index is 1.39. The van der Waals surface area contributed by atoms with Crippen molar-refractivity contribution in [2.24, 2.45) is 11.8 Å². The predicted octanol–water partition coefficient (Wildman–Crippen LogP) is 7.41. The molecular weight excluding hydrogens is 526 g/mol. The van der Waals surface area contributed by atoms with E-state index in [0.717, 1.165) is 47.8 Å². The number of carbonyl (C=O) groups is 2. The molecule has 4 rings (SSSR count). The fourth-order valence-electron chi connectivity index (χ4n) is 5.19. The van der Waals surface area contributed by atoms with Gasteiger partial charge in [0.2, 0.25) is 0 Å². The maximum atomic E-state index is 13.6. The Kier molecular flexibility index (Phi) is 10.8. The van der Waals surface area contributed by atoms with E-state index in [9.17, 15) is 9.59 Å². The number of benzene rings is 3. The van der Waals surface area contributed by atoms with E-state index in [1.54, 1.807) is 0 Å². The summed E-state index contributed by atoms with van der Waals surface area (Å²) in [4.78, 5) is 32.5. The molecule has 6 heteroatoms. The minimum absolute atomic E-state index is 0.0130. The van der Waals surface area contributed by atoms with Gasteiger partial charge in [-0.15, -0.1) is 0 Å². The van der Waals surface area contributed by atoms with Crippen molar-refractivity contribution in [1.82, 2.24) is 10.2 Å². The van der Waals surface area contributed by atoms with E-state index < -0.39 is 0 Å². The first-order chi connectivity index (χ1) is 19.7. The fraction of sp³-hybridized carbons (Fsp3) is 0.371. The van der Waals surface area contributed by atoms with E-state index >= 15 is 0 Å². The molecule has 41 heavy (non-hydrogen) atoms. The summed E-state index contributed by atoms with van der Waals surface area (Å²) in [6, 6.07) is 23.8. The van der Waals surface area contributed by atoms with Gasteiger partial charge in [0.25, 0.3) is 11.8 Å². The first kappa shape index (κ1) is 30.6. The Labute approximate surface area is 250 Å². The number of hydrogen-bond acceptors (Lipinski definition) is 4. The maximum absolute atomic E-state index is 13.6. The second-order valence-corrected chi connectivity index (χ2v) is 12.8. The van der Waals surface area contributed by atoms with Crippen molar-refractivity contribution in [3.8, 4) is 0 Å².